The molecule has 0 aliphatic carbocycles. The van der Waals surface area contributed by atoms with Gasteiger partial charge in [-0.15, -0.1) is 22.7 Å². The Labute approximate surface area is 259 Å². The van der Waals surface area contributed by atoms with Crippen molar-refractivity contribution in [3.05, 3.63) is 130 Å². The van der Waals surface area contributed by atoms with Crippen LogP contribution in [-0.2, 0) is 0 Å². The van der Waals surface area contributed by atoms with E-state index in [1.165, 1.54) is 69.8 Å². The van der Waals surface area contributed by atoms with Crippen LogP contribution >= 0.6 is 69.7 Å². The van der Waals surface area contributed by atoms with Gasteiger partial charge in [-0.1, -0.05) is 168 Å². The SMILES string of the molecule is c1ccc(-c2sc(-c3ccccc3)c3c2SC(=C2Sc4c(-c5ccccc5)sc(-c5ccccc5)c4S2)S3)cc1. The smallest absolute Gasteiger partial charge is 0.0707 e. The predicted molar refractivity (Wildman–Crippen MR) is 181 cm³/mol. The van der Waals surface area contributed by atoms with Gasteiger partial charge in [0.05, 0.1) is 28.0 Å². The van der Waals surface area contributed by atoms with E-state index >= 15 is 0 Å². The van der Waals surface area contributed by atoms with E-state index in [4.69, 9.17) is 0 Å². The number of hydrogen-bond donors (Lipinski definition) is 0. The van der Waals surface area contributed by atoms with Crippen LogP contribution in [0, 0.1) is 0 Å². The summed E-state index contributed by atoms with van der Waals surface area (Å²) in [6, 6.07) is 43.5. The second-order valence-corrected chi connectivity index (χ2v) is 15.9. The van der Waals surface area contributed by atoms with Crippen LogP contribution < -0.4 is 0 Å². The molecular formula is C34H20S6. The number of benzene rings is 4. The quantitative estimate of drug-likeness (QED) is 0.192. The molecule has 2 aromatic heterocycles. The van der Waals surface area contributed by atoms with Crippen molar-refractivity contribution >= 4 is 69.7 Å². The summed E-state index contributed by atoms with van der Waals surface area (Å²) in [5.74, 6) is 0. The first kappa shape index (κ1) is 25.2. The third-order valence-corrected chi connectivity index (χ3v) is 15.6. The lowest BCUT2D eigenvalue weighted by Crippen LogP contribution is -1.75. The van der Waals surface area contributed by atoms with Crippen LogP contribution in [0.2, 0.25) is 0 Å². The van der Waals surface area contributed by atoms with E-state index in [0.29, 0.717) is 0 Å². The maximum absolute atomic E-state index is 2.24. The zero-order valence-electron chi connectivity index (χ0n) is 21.0. The fraction of sp³-hybridized carbons (Fsp3) is 0. The van der Waals surface area contributed by atoms with Gasteiger partial charge in [-0.2, -0.15) is 0 Å². The second kappa shape index (κ2) is 10.7. The molecule has 0 nitrogen and oxygen atoms in total. The zero-order valence-corrected chi connectivity index (χ0v) is 25.9. The number of fused-ring (bicyclic) bond motifs is 2. The Morgan fingerprint density at radius 2 is 0.500 bits per heavy atom. The Bertz CT molecular complexity index is 1600. The Balaban J connectivity index is 1.23. The molecule has 40 heavy (non-hydrogen) atoms. The van der Waals surface area contributed by atoms with Crippen LogP contribution in [0.1, 0.15) is 0 Å². The summed E-state index contributed by atoms with van der Waals surface area (Å²) in [7, 11) is 0. The molecule has 8 rings (SSSR count). The van der Waals surface area contributed by atoms with Gasteiger partial charge < -0.3 is 0 Å². The zero-order chi connectivity index (χ0) is 26.5. The number of rotatable bonds is 4. The first-order chi connectivity index (χ1) is 19.8. The first-order valence-corrected chi connectivity index (χ1v) is 17.7. The summed E-state index contributed by atoms with van der Waals surface area (Å²) < 4.78 is 2.81. The third-order valence-electron chi connectivity index (χ3n) is 6.74. The van der Waals surface area contributed by atoms with Crippen molar-refractivity contribution in [3.63, 3.8) is 0 Å². The lowest BCUT2D eigenvalue weighted by Gasteiger charge is -2.06. The van der Waals surface area contributed by atoms with Gasteiger partial charge in [0.1, 0.15) is 0 Å². The second-order valence-electron chi connectivity index (χ2n) is 9.28. The van der Waals surface area contributed by atoms with Crippen LogP contribution in [0.15, 0.2) is 149 Å². The highest BCUT2D eigenvalue weighted by atomic mass is 32.2. The normalized spacial score (nSPS) is 14.0. The fourth-order valence-corrected chi connectivity index (χ4v) is 13.9. The Kier molecular flexibility index (Phi) is 6.71. The molecular weight excluding hydrogens is 601 g/mol. The van der Waals surface area contributed by atoms with Gasteiger partial charge in [-0.05, 0) is 22.3 Å². The van der Waals surface area contributed by atoms with Gasteiger partial charge in [0.15, 0.2) is 0 Å². The Morgan fingerprint density at radius 1 is 0.275 bits per heavy atom. The van der Waals surface area contributed by atoms with Crippen molar-refractivity contribution in [3.8, 4) is 41.8 Å². The average molecular weight is 621 g/mol. The lowest BCUT2D eigenvalue weighted by molar-refractivity contribution is 1.35. The van der Waals surface area contributed by atoms with E-state index in [9.17, 15) is 0 Å². The molecule has 0 saturated carbocycles. The molecule has 0 spiro atoms. The van der Waals surface area contributed by atoms with Crippen molar-refractivity contribution in [2.24, 2.45) is 0 Å². The first-order valence-electron chi connectivity index (χ1n) is 12.8. The van der Waals surface area contributed by atoms with Crippen LogP contribution in [0.5, 0.6) is 0 Å². The molecule has 2 aliphatic rings. The van der Waals surface area contributed by atoms with E-state index < -0.39 is 0 Å². The van der Waals surface area contributed by atoms with E-state index in [1.54, 1.807) is 0 Å². The van der Waals surface area contributed by atoms with E-state index in [-0.39, 0.29) is 0 Å². The minimum atomic E-state index is 1.30. The summed E-state index contributed by atoms with van der Waals surface area (Å²) in [4.78, 5) is 11.1. The maximum atomic E-state index is 2.24. The fourth-order valence-electron chi connectivity index (χ4n) is 4.87. The van der Waals surface area contributed by atoms with Gasteiger partial charge in [-0.3, -0.25) is 0 Å². The molecule has 192 valence electrons. The summed E-state index contributed by atoms with van der Waals surface area (Å²) in [6.07, 6.45) is 0. The molecule has 4 aromatic carbocycles. The van der Waals surface area contributed by atoms with E-state index in [2.05, 4.69) is 121 Å². The van der Waals surface area contributed by atoms with E-state index in [1.807, 2.05) is 69.7 Å². The third kappa shape index (κ3) is 4.42. The summed E-state index contributed by atoms with van der Waals surface area (Å²) in [5, 5.41) is 0. The molecule has 0 radical (unpaired) electrons. The van der Waals surface area contributed by atoms with Crippen LogP contribution in [-0.4, -0.2) is 0 Å². The average Bonchev–Trinajstić information content (AvgIpc) is 3.79. The van der Waals surface area contributed by atoms with Crippen molar-refractivity contribution in [1.29, 1.82) is 0 Å². The van der Waals surface area contributed by atoms with Crippen LogP contribution in [0.4, 0.5) is 0 Å². The number of thioether (sulfide) groups is 4. The molecule has 2 aliphatic heterocycles. The van der Waals surface area contributed by atoms with Gasteiger partial charge >= 0.3 is 0 Å². The maximum Gasteiger partial charge on any atom is 0.0707 e. The summed E-state index contributed by atoms with van der Waals surface area (Å²) in [5.41, 5.74) is 5.20. The summed E-state index contributed by atoms with van der Waals surface area (Å²) in [6.45, 7) is 0. The molecule has 0 amide bonds. The van der Waals surface area contributed by atoms with Crippen LogP contribution in [0.3, 0.4) is 0 Å². The highest BCUT2D eigenvalue weighted by Crippen LogP contribution is 2.69. The van der Waals surface area contributed by atoms with Crippen LogP contribution in [0.25, 0.3) is 41.8 Å². The Morgan fingerprint density at radius 3 is 0.725 bits per heavy atom. The van der Waals surface area contributed by atoms with Gasteiger partial charge in [-0.25, -0.2) is 0 Å². The highest BCUT2D eigenvalue weighted by molar-refractivity contribution is 8.30. The molecule has 0 N–H and O–H groups in total. The monoisotopic (exact) mass is 620 g/mol. The number of hydrogen-bond acceptors (Lipinski definition) is 6. The minimum Gasteiger partial charge on any atom is -0.133 e. The van der Waals surface area contributed by atoms with Crippen molar-refractivity contribution in [2.45, 2.75) is 19.6 Å². The molecule has 0 bridgehead atoms. The van der Waals surface area contributed by atoms with Crippen molar-refractivity contribution in [2.75, 3.05) is 0 Å². The largest absolute Gasteiger partial charge is 0.133 e. The molecule has 6 heteroatoms. The van der Waals surface area contributed by atoms with Gasteiger partial charge in [0, 0.05) is 19.6 Å². The lowest BCUT2D eigenvalue weighted by atomic mass is 10.1. The van der Waals surface area contributed by atoms with Gasteiger partial charge in [0.25, 0.3) is 0 Å². The number of thiophene rings is 2. The van der Waals surface area contributed by atoms with E-state index in [0.717, 1.165) is 0 Å². The minimum absolute atomic E-state index is 1.30. The standard InChI is InChI=1S/C34H20S6/c1-5-13-21(14-6-1)25-29-30(26(35-25)22-15-7-2-8-16-22)38-33(37-29)34-39-31-27(23-17-9-3-10-18-23)36-28(32(31)40-34)24-19-11-4-12-20-24/h1-20H. The molecule has 0 unspecified atom stereocenters. The van der Waals surface area contributed by atoms with Crippen molar-refractivity contribution < 1.29 is 0 Å². The molecule has 0 fully saturated rings. The van der Waals surface area contributed by atoms with Crippen molar-refractivity contribution in [1.82, 2.24) is 0 Å². The Hall–Kier alpha value is -2.58. The highest BCUT2D eigenvalue weighted by Gasteiger charge is 2.35. The molecule has 0 atom stereocenters. The molecule has 4 heterocycles. The van der Waals surface area contributed by atoms with Gasteiger partial charge in [0.2, 0.25) is 0 Å². The topological polar surface area (TPSA) is 0 Å². The molecule has 0 saturated heterocycles. The summed E-state index contributed by atoms with van der Waals surface area (Å²) >= 11 is 11.7. The molecule has 6 aromatic rings. The predicted octanol–water partition coefficient (Wildman–Crippen LogP) is 12.7.